The standard InChI is InChI=1S/C20H16N4O/c25-20(12-16-8-5-7-15-6-1-2-9-17(15)16)23-18-10-3-4-11-19(18)24-14-21-13-22-24/h1-11,13-14H,12H2,(H,23,25). The summed E-state index contributed by atoms with van der Waals surface area (Å²) in [5, 5.41) is 9.35. The maximum atomic E-state index is 12.6. The van der Waals surface area contributed by atoms with Crippen LogP contribution in [0.5, 0.6) is 0 Å². The molecule has 0 bridgehead atoms. The van der Waals surface area contributed by atoms with E-state index in [-0.39, 0.29) is 5.91 Å². The lowest BCUT2D eigenvalue weighted by Crippen LogP contribution is -2.16. The second-order valence-electron chi connectivity index (χ2n) is 5.72. The molecule has 1 heterocycles. The molecular weight excluding hydrogens is 312 g/mol. The molecule has 25 heavy (non-hydrogen) atoms. The second-order valence-corrected chi connectivity index (χ2v) is 5.72. The molecule has 3 aromatic carbocycles. The van der Waals surface area contributed by atoms with Gasteiger partial charge < -0.3 is 5.32 Å². The molecule has 5 heteroatoms. The van der Waals surface area contributed by atoms with Gasteiger partial charge in [0.1, 0.15) is 12.7 Å². The van der Waals surface area contributed by atoms with Crippen molar-refractivity contribution in [3.05, 3.63) is 84.9 Å². The Morgan fingerprint density at radius 2 is 1.76 bits per heavy atom. The number of amides is 1. The Kier molecular flexibility index (Phi) is 3.96. The van der Waals surface area contributed by atoms with Gasteiger partial charge in [0.05, 0.1) is 17.8 Å². The molecule has 0 radical (unpaired) electrons. The van der Waals surface area contributed by atoms with E-state index in [1.54, 1.807) is 11.0 Å². The summed E-state index contributed by atoms with van der Waals surface area (Å²) in [7, 11) is 0. The Morgan fingerprint density at radius 1 is 0.960 bits per heavy atom. The topological polar surface area (TPSA) is 59.8 Å². The number of anilines is 1. The van der Waals surface area contributed by atoms with Gasteiger partial charge in [0.2, 0.25) is 5.91 Å². The third-order valence-electron chi connectivity index (χ3n) is 4.07. The maximum absolute atomic E-state index is 12.6. The van der Waals surface area contributed by atoms with E-state index >= 15 is 0 Å². The lowest BCUT2D eigenvalue weighted by atomic mass is 10.0. The quantitative estimate of drug-likeness (QED) is 0.622. The molecule has 0 fully saturated rings. The van der Waals surface area contributed by atoms with Crippen molar-refractivity contribution in [2.24, 2.45) is 0 Å². The van der Waals surface area contributed by atoms with Crippen molar-refractivity contribution >= 4 is 22.4 Å². The van der Waals surface area contributed by atoms with Crippen LogP contribution in [0.3, 0.4) is 0 Å². The fourth-order valence-electron chi connectivity index (χ4n) is 2.93. The van der Waals surface area contributed by atoms with Crippen LogP contribution in [0.1, 0.15) is 5.56 Å². The summed E-state index contributed by atoms with van der Waals surface area (Å²) in [4.78, 5) is 16.6. The van der Waals surface area contributed by atoms with Crippen molar-refractivity contribution in [3.63, 3.8) is 0 Å². The molecule has 0 unspecified atom stereocenters. The monoisotopic (exact) mass is 328 g/mol. The molecule has 0 aliphatic rings. The number of nitrogens with one attached hydrogen (secondary N) is 1. The molecule has 4 aromatic rings. The number of carbonyl (C=O) groups excluding carboxylic acids is 1. The summed E-state index contributed by atoms with van der Waals surface area (Å²) in [6.45, 7) is 0. The summed E-state index contributed by atoms with van der Waals surface area (Å²) in [5.41, 5.74) is 2.50. The highest BCUT2D eigenvalue weighted by molar-refractivity contribution is 5.97. The van der Waals surface area contributed by atoms with Gasteiger partial charge in [0, 0.05) is 0 Å². The molecule has 0 aliphatic heterocycles. The summed E-state index contributed by atoms with van der Waals surface area (Å²) < 4.78 is 1.63. The van der Waals surface area contributed by atoms with Crippen molar-refractivity contribution < 1.29 is 4.79 Å². The van der Waals surface area contributed by atoms with E-state index in [0.29, 0.717) is 12.1 Å². The van der Waals surface area contributed by atoms with Gasteiger partial charge >= 0.3 is 0 Å². The second kappa shape index (κ2) is 6.57. The molecular formula is C20H16N4O. The molecule has 0 saturated heterocycles. The molecule has 122 valence electrons. The van der Waals surface area contributed by atoms with E-state index in [4.69, 9.17) is 0 Å². The van der Waals surface area contributed by atoms with Crippen molar-refractivity contribution in [3.8, 4) is 5.69 Å². The van der Waals surface area contributed by atoms with Crippen LogP contribution in [0.4, 0.5) is 5.69 Å². The van der Waals surface area contributed by atoms with Crippen LogP contribution in [0.25, 0.3) is 16.5 Å². The Labute approximate surface area is 144 Å². The van der Waals surface area contributed by atoms with Crippen LogP contribution in [-0.2, 0) is 11.2 Å². The largest absolute Gasteiger partial charge is 0.324 e. The van der Waals surface area contributed by atoms with Gasteiger partial charge in [0.15, 0.2) is 0 Å². The fourth-order valence-corrected chi connectivity index (χ4v) is 2.93. The van der Waals surface area contributed by atoms with E-state index in [0.717, 1.165) is 22.0 Å². The van der Waals surface area contributed by atoms with Gasteiger partial charge in [-0.3, -0.25) is 4.79 Å². The normalized spacial score (nSPS) is 10.7. The highest BCUT2D eigenvalue weighted by Gasteiger charge is 2.10. The van der Waals surface area contributed by atoms with Crippen molar-refractivity contribution in [1.82, 2.24) is 14.8 Å². The molecule has 1 amide bonds. The van der Waals surface area contributed by atoms with Crippen LogP contribution in [0.15, 0.2) is 79.4 Å². The number of hydrogen-bond acceptors (Lipinski definition) is 3. The third-order valence-corrected chi connectivity index (χ3v) is 4.07. The molecule has 0 aliphatic carbocycles. The molecule has 1 aromatic heterocycles. The average molecular weight is 328 g/mol. The van der Waals surface area contributed by atoms with E-state index in [2.05, 4.69) is 27.5 Å². The number of rotatable bonds is 4. The average Bonchev–Trinajstić information content (AvgIpc) is 3.17. The van der Waals surface area contributed by atoms with Gasteiger partial charge in [-0.2, -0.15) is 5.10 Å². The number of hydrogen-bond donors (Lipinski definition) is 1. The predicted octanol–water partition coefficient (Wildman–Crippen LogP) is 3.60. The van der Waals surface area contributed by atoms with Gasteiger partial charge in [-0.25, -0.2) is 9.67 Å². The Hall–Kier alpha value is -3.47. The zero-order chi connectivity index (χ0) is 17.1. The van der Waals surface area contributed by atoms with E-state index in [1.165, 1.54) is 6.33 Å². The number of aromatic nitrogens is 3. The van der Waals surface area contributed by atoms with Crippen molar-refractivity contribution in [2.75, 3.05) is 5.32 Å². The number of carbonyl (C=O) groups is 1. The molecule has 1 N–H and O–H groups in total. The molecule has 4 rings (SSSR count). The first kappa shape index (κ1) is 15.1. The Morgan fingerprint density at radius 3 is 2.64 bits per heavy atom. The maximum Gasteiger partial charge on any atom is 0.228 e. The number of nitrogens with zero attached hydrogens (tertiary/aromatic N) is 3. The zero-order valence-electron chi connectivity index (χ0n) is 13.5. The zero-order valence-corrected chi connectivity index (χ0v) is 13.5. The van der Waals surface area contributed by atoms with E-state index in [9.17, 15) is 4.79 Å². The van der Waals surface area contributed by atoms with Gasteiger partial charge in [-0.05, 0) is 28.5 Å². The fraction of sp³-hybridized carbons (Fsp3) is 0.0500. The predicted molar refractivity (Wildman–Crippen MR) is 97.6 cm³/mol. The van der Waals surface area contributed by atoms with Gasteiger partial charge in [-0.1, -0.05) is 54.6 Å². The summed E-state index contributed by atoms with van der Waals surface area (Å²) in [6, 6.07) is 21.6. The SMILES string of the molecule is O=C(Cc1cccc2ccccc12)Nc1ccccc1-n1cncn1. The lowest BCUT2D eigenvalue weighted by molar-refractivity contribution is -0.115. The molecule has 0 atom stereocenters. The van der Waals surface area contributed by atoms with E-state index < -0.39 is 0 Å². The minimum absolute atomic E-state index is 0.0658. The number of para-hydroxylation sites is 2. The lowest BCUT2D eigenvalue weighted by Gasteiger charge is -2.11. The summed E-state index contributed by atoms with van der Waals surface area (Å²) in [5.74, 6) is -0.0658. The molecule has 5 nitrogen and oxygen atoms in total. The van der Waals surface area contributed by atoms with Crippen LogP contribution in [0, 0.1) is 0 Å². The van der Waals surface area contributed by atoms with Crippen LogP contribution in [-0.4, -0.2) is 20.7 Å². The first-order valence-electron chi connectivity index (χ1n) is 8.02. The van der Waals surface area contributed by atoms with E-state index in [1.807, 2.05) is 54.6 Å². The van der Waals surface area contributed by atoms with Crippen LogP contribution >= 0.6 is 0 Å². The minimum atomic E-state index is -0.0658. The van der Waals surface area contributed by atoms with Crippen LogP contribution < -0.4 is 5.32 Å². The first-order chi connectivity index (χ1) is 12.3. The summed E-state index contributed by atoms with van der Waals surface area (Å²) in [6.07, 6.45) is 3.39. The summed E-state index contributed by atoms with van der Waals surface area (Å²) >= 11 is 0. The Bertz CT molecular complexity index is 1020. The van der Waals surface area contributed by atoms with Gasteiger partial charge in [-0.15, -0.1) is 0 Å². The van der Waals surface area contributed by atoms with Crippen molar-refractivity contribution in [1.29, 1.82) is 0 Å². The van der Waals surface area contributed by atoms with Crippen LogP contribution in [0.2, 0.25) is 0 Å². The van der Waals surface area contributed by atoms with Crippen molar-refractivity contribution in [2.45, 2.75) is 6.42 Å². The number of fused-ring (bicyclic) bond motifs is 1. The first-order valence-corrected chi connectivity index (χ1v) is 8.02. The third kappa shape index (κ3) is 3.12. The Balaban J connectivity index is 1.59. The minimum Gasteiger partial charge on any atom is -0.324 e. The molecule has 0 spiro atoms. The highest BCUT2D eigenvalue weighted by Crippen LogP contribution is 2.21. The smallest absolute Gasteiger partial charge is 0.228 e. The van der Waals surface area contributed by atoms with Gasteiger partial charge in [0.25, 0.3) is 0 Å². The molecule has 0 saturated carbocycles. The number of benzene rings is 3. The highest BCUT2D eigenvalue weighted by atomic mass is 16.1.